The van der Waals surface area contributed by atoms with E-state index in [-0.39, 0.29) is 12.6 Å². The van der Waals surface area contributed by atoms with E-state index in [4.69, 9.17) is 25.0 Å². The molecule has 1 aliphatic heterocycles. The number of methoxy groups -OCH3 is 2. The zero-order valence-electron chi connectivity index (χ0n) is 22.5. The second-order valence-corrected chi connectivity index (χ2v) is 8.86. The lowest BCUT2D eigenvalue weighted by Gasteiger charge is -2.22. The number of fused-ring (bicyclic) bond motifs is 1. The minimum Gasteiger partial charge on any atom is -0.496 e. The van der Waals surface area contributed by atoms with Crippen LogP contribution in [0.4, 0.5) is 11.8 Å². The highest BCUT2D eigenvalue weighted by atomic mass is 16.5. The van der Waals surface area contributed by atoms with Crippen LogP contribution in [-0.2, 0) is 17.8 Å². The molecule has 4 N–H and O–H groups in total. The summed E-state index contributed by atoms with van der Waals surface area (Å²) < 4.78 is 18.0. The Hall–Kier alpha value is -3.15. The maximum absolute atomic E-state index is 9.54. The van der Waals surface area contributed by atoms with Crippen molar-refractivity contribution >= 4 is 22.8 Å². The van der Waals surface area contributed by atoms with Crippen molar-refractivity contribution in [3.8, 4) is 11.5 Å². The number of aliphatic hydroxyl groups excluding tert-OH is 1. The highest BCUT2D eigenvalue weighted by molar-refractivity contribution is 5.86. The van der Waals surface area contributed by atoms with Crippen LogP contribution in [0.5, 0.6) is 11.5 Å². The Morgan fingerprint density at radius 1 is 1.14 bits per heavy atom. The van der Waals surface area contributed by atoms with Crippen LogP contribution >= 0.6 is 0 Å². The molecule has 1 aromatic carbocycles. The lowest BCUT2D eigenvalue weighted by atomic mass is 10.1. The fourth-order valence-corrected chi connectivity index (χ4v) is 4.23. The Morgan fingerprint density at radius 3 is 2.38 bits per heavy atom. The highest BCUT2D eigenvalue weighted by Crippen LogP contribution is 2.32. The zero-order chi connectivity index (χ0) is 26.6. The second-order valence-electron chi connectivity index (χ2n) is 8.86. The van der Waals surface area contributed by atoms with Crippen molar-refractivity contribution in [2.24, 2.45) is 0 Å². The van der Waals surface area contributed by atoms with Gasteiger partial charge < -0.3 is 35.3 Å². The first kappa shape index (κ1) is 28.4. The van der Waals surface area contributed by atoms with Crippen molar-refractivity contribution in [2.45, 2.75) is 45.7 Å². The first-order valence-electron chi connectivity index (χ1n) is 12.9. The molecule has 2 aromatic heterocycles. The summed E-state index contributed by atoms with van der Waals surface area (Å²) in [5.74, 6) is 2.27. The topological polar surface area (TPSA) is 133 Å². The predicted molar refractivity (Wildman–Crippen MR) is 145 cm³/mol. The molecule has 0 radical (unpaired) electrons. The Labute approximate surface area is 218 Å². The maximum Gasteiger partial charge on any atom is 0.222 e. The molecule has 3 aromatic rings. The predicted octanol–water partition coefficient (Wildman–Crippen LogP) is 2.59. The third kappa shape index (κ3) is 7.67. The molecule has 0 spiro atoms. The molecule has 204 valence electrons. The number of unbranched alkanes of at least 4 members (excludes halogenated alkanes) is 1. The van der Waals surface area contributed by atoms with Crippen LogP contribution in [0.2, 0.25) is 0 Å². The van der Waals surface area contributed by atoms with Gasteiger partial charge in [0.1, 0.15) is 17.0 Å². The highest BCUT2D eigenvalue weighted by Gasteiger charge is 2.19. The Balaban J connectivity index is 0.000000678. The average Bonchev–Trinajstić information content (AvgIpc) is 3.60. The van der Waals surface area contributed by atoms with Gasteiger partial charge in [0.2, 0.25) is 5.95 Å². The SMILES string of the molecule is C1CCOC1.CCCCN(CCO)c1nc(N)nc2cn(Cc3c(OC)cc(CNC)cc3OC)nc12. The molecule has 3 heterocycles. The molecule has 37 heavy (non-hydrogen) atoms. The summed E-state index contributed by atoms with van der Waals surface area (Å²) in [7, 11) is 5.19. The van der Waals surface area contributed by atoms with Crippen LogP contribution in [0.1, 0.15) is 43.7 Å². The normalized spacial score (nSPS) is 12.9. The Kier molecular flexibility index (Phi) is 11.2. The second kappa shape index (κ2) is 14.6. The average molecular weight is 516 g/mol. The van der Waals surface area contributed by atoms with Crippen molar-refractivity contribution in [3.05, 3.63) is 29.5 Å². The minimum atomic E-state index is 0.0171. The summed E-state index contributed by atoms with van der Waals surface area (Å²) in [6.45, 7) is 6.48. The number of anilines is 2. The van der Waals surface area contributed by atoms with E-state index in [0.717, 1.165) is 55.2 Å². The molecule has 1 saturated heterocycles. The zero-order valence-corrected chi connectivity index (χ0v) is 22.5. The summed E-state index contributed by atoms with van der Waals surface area (Å²) in [5, 5.41) is 17.4. The van der Waals surface area contributed by atoms with Gasteiger partial charge in [-0.05, 0) is 44.0 Å². The fourth-order valence-electron chi connectivity index (χ4n) is 4.23. The molecule has 11 heteroatoms. The van der Waals surface area contributed by atoms with Crippen LogP contribution in [-0.4, -0.2) is 79.0 Å². The van der Waals surface area contributed by atoms with Crippen LogP contribution in [0, 0.1) is 0 Å². The van der Waals surface area contributed by atoms with E-state index in [2.05, 4.69) is 22.2 Å². The first-order valence-corrected chi connectivity index (χ1v) is 12.9. The molecule has 0 unspecified atom stereocenters. The number of benzene rings is 1. The fraction of sp³-hybridized carbons (Fsp3) is 0.577. The van der Waals surface area contributed by atoms with Crippen molar-refractivity contribution < 1.29 is 19.3 Å². The third-order valence-corrected chi connectivity index (χ3v) is 6.06. The molecular formula is C26H41N7O4. The summed E-state index contributed by atoms with van der Waals surface area (Å²) >= 11 is 0. The Bertz CT molecular complexity index is 1090. The summed E-state index contributed by atoms with van der Waals surface area (Å²) in [6, 6.07) is 3.99. The van der Waals surface area contributed by atoms with E-state index in [9.17, 15) is 5.11 Å². The molecule has 4 rings (SSSR count). The van der Waals surface area contributed by atoms with Gasteiger partial charge in [-0.3, -0.25) is 4.68 Å². The lowest BCUT2D eigenvalue weighted by molar-refractivity contribution is 0.198. The minimum absolute atomic E-state index is 0.0171. The molecule has 0 saturated carbocycles. The maximum atomic E-state index is 9.54. The van der Waals surface area contributed by atoms with Gasteiger partial charge in [0.25, 0.3) is 0 Å². The number of ether oxygens (including phenoxy) is 3. The number of nitrogens with one attached hydrogen (secondary N) is 1. The number of hydrogen-bond donors (Lipinski definition) is 3. The molecular weight excluding hydrogens is 474 g/mol. The van der Waals surface area contributed by atoms with Gasteiger partial charge in [-0.2, -0.15) is 10.1 Å². The lowest BCUT2D eigenvalue weighted by Crippen LogP contribution is -2.29. The van der Waals surface area contributed by atoms with Crippen LogP contribution in [0.25, 0.3) is 11.0 Å². The van der Waals surface area contributed by atoms with Crippen molar-refractivity contribution in [1.82, 2.24) is 25.1 Å². The van der Waals surface area contributed by atoms with Crippen LogP contribution in [0.3, 0.4) is 0 Å². The van der Waals surface area contributed by atoms with Crippen LogP contribution < -0.4 is 25.4 Å². The number of aromatic nitrogens is 4. The summed E-state index contributed by atoms with van der Waals surface area (Å²) in [6.07, 6.45) is 6.40. The van der Waals surface area contributed by atoms with E-state index in [1.165, 1.54) is 12.8 Å². The van der Waals surface area contributed by atoms with Crippen molar-refractivity contribution in [2.75, 3.05) is 64.8 Å². The Morgan fingerprint density at radius 2 is 1.84 bits per heavy atom. The first-order chi connectivity index (χ1) is 18.0. The molecule has 0 aliphatic carbocycles. The number of hydrogen-bond acceptors (Lipinski definition) is 10. The van der Waals surface area contributed by atoms with Gasteiger partial charge in [0.05, 0.1) is 39.1 Å². The molecule has 11 nitrogen and oxygen atoms in total. The van der Waals surface area contributed by atoms with E-state index < -0.39 is 0 Å². The van der Waals surface area contributed by atoms with E-state index in [1.807, 2.05) is 30.3 Å². The monoisotopic (exact) mass is 515 g/mol. The smallest absolute Gasteiger partial charge is 0.222 e. The van der Waals surface area contributed by atoms with Gasteiger partial charge in [-0.25, -0.2) is 4.98 Å². The number of rotatable bonds is 12. The summed E-state index contributed by atoms with van der Waals surface area (Å²) in [4.78, 5) is 10.8. The number of nitrogen functional groups attached to an aromatic ring is 1. The standard InChI is InChI=1S/C22H33N7O3.C4H8O/c1-5-6-7-28(8-9-30)21-20-17(25-22(23)26-21)14-29(27-20)13-16-18(31-3)10-15(12-24-2)11-19(16)32-4;1-2-4-5-3-1/h10-11,14,24,30H,5-9,12-13H2,1-4H3,(H2,23,25);1-4H2. The van der Waals surface area contributed by atoms with Gasteiger partial charge in [0, 0.05) is 32.8 Å². The van der Waals surface area contributed by atoms with Gasteiger partial charge in [-0.15, -0.1) is 0 Å². The third-order valence-electron chi connectivity index (χ3n) is 6.06. The molecule has 0 atom stereocenters. The molecule has 1 fully saturated rings. The number of nitrogens with two attached hydrogens (primary N) is 1. The quantitative estimate of drug-likeness (QED) is 0.330. The molecule has 1 aliphatic rings. The van der Waals surface area contributed by atoms with Crippen molar-refractivity contribution in [3.63, 3.8) is 0 Å². The molecule has 0 amide bonds. The number of aliphatic hydroxyl groups is 1. The van der Waals surface area contributed by atoms with Crippen LogP contribution in [0.15, 0.2) is 18.3 Å². The van der Waals surface area contributed by atoms with Gasteiger partial charge in [-0.1, -0.05) is 13.3 Å². The largest absolute Gasteiger partial charge is 0.496 e. The van der Waals surface area contributed by atoms with Crippen molar-refractivity contribution in [1.29, 1.82) is 0 Å². The van der Waals surface area contributed by atoms with E-state index in [0.29, 0.717) is 36.5 Å². The summed E-state index contributed by atoms with van der Waals surface area (Å²) in [5.41, 5.74) is 9.23. The molecule has 0 bridgehead atoms. The number of nitrogens with zero attached hydrogens (tertiary/aromatic N) is 5. The van der Waals surface area contributed by atoms with E-state index in [1.54, 1.807) is 18.9 Å². The van der Waals surface area contributed by atoms with Gasteiger partial charge in [0.15, 0.2) is 11.3 Å². The van der Waals surface area contributed by atoms with E-state index >= 15 is 0 Å². The van der Waals surface area contributed by atoms with Gasteiger partial charge >= 0.3 is 0 Å².